The van der Waals surface area contributed by atoms with Crippen LogP contribution in [-0.4, -0.2) is 17.6 Å². The van der Waals surface area contributed by atoms with E-state index in [4.69, 9.17) is 0 Å². The molecule has 4 nitrogen and oxygen atoms in total. The number of carbonyl (C=O) groups is 1. The molecular formula is C23H28FN3O. The van der Waals surface area contributed by atoms with Crippen molar-refractivity contribution in [3.8, 4) is 11.1 Å². The fourth-order valence-corrected chi connectivity index (χ4v) is 3.15. The number of nitrogens with zero attached hydrogens (tertiary/aromatic N) is 1. The molecule has 0 unspecified atom stereocenters. The average Bonchev–Trinajstić information content (AvgIpc) is 3.40. The molecule has 0 aliphatic heterocycles. The molecule has 2 amide bonds. The molecule has 28 heavy (non-hydrogen) atoms. The Hall–Kier alpha value is -2.69. The van der Waals surface area contributed by atoms with Crippen molar-refractivity contribution in [2.75, 3.05) is 11.9 Å². The maximum atomic E-state index is 14.4. The fraction of sp³-hybridized carbons (Fsp3) is 0.391. The van der Waals surface area contributed by atoms with Gasteiger partial charge in [0.05, 0.1) is 11.4 Å². The van der Waals surface area contributed by atoms with Gasteiger partial charge in [-0.25, -0.2) is 9.18 Å². The molecule has 2 N–H and O–H groups in total. The van der Waals surface area contributed by atoms with Gasteiger partial charge in [0.1, 0.15) is 5.82 Å². The number of pyridine rings is 1. The molecule has 3 rings (SSSR count). The Bertz CT molecular complexity index is 916. The number of benzene rings is 1. The van der Waals surface area contributed by atoms with Gasteiger partial charge in [0.15, 0.2) is 0 Å². The molecule has 0 spiro atoms. The van der Waals surface area contributed by atoms with Crippen LogP contribution in [0.5, 0.6) is 0 Å². The molecule has 1 aliphatic carbocycles. The summed E-state index contributed by atoms with van der Waals surface area (Å²) in [4.78, 5) is 16.6. The van der Waals surface area contributed by atoms with E-state index in [1.165, 1.54) is 18.9 Å². The van der Waals surface area contributed by atoms with E-state index in [0.717, 1.165) is 34.4 Å². The van der Waals surface area contributed by atoms with E-state index >= 15 is 0 Å². The van der Waals surface area contributed by atoms with Gasteiger partial charge in [-0.05, 0) is 92.0 Å². The summed E-state index contributed by atoms with van der Waals surface area (Å²) in [6, 6.07) is 6.65. The van der Waals surface area contributed by atoms with Crippen molar-refractivity contribution in [1.29, 1.82) is 0 Å². The fourth-order valence-electron chi connectivity index (χ4n) is 3.15. The molecule has 1 fully saturated rings. The molecule has 1 heterocycles. The van der Waals surface area contributed by atoms with E-state index in [0.29, 0.717) is 12.0 Å². The highest BCUT2D eigenvalue weighted by molar-refractivity contribution is 5.90. The number of allylic oxidation sites excluding steroid dienone is 2. The number of urea groups is 1. The van der Waals surface area contributed by atoms with Gasteiger partial charge in [-0.2, -0.15) is 0 Å². The highest BCUT2D eigenvalue weighted by atomic mass is 19.1. The summed E-state index contributed by atoms with van der Waals surface area (Å²) in [5.74, 6) is -0.440. The Balaban J connectivity index is 1.77. The quantitative estimate of drug-likeness (QED) is 0.651. The maximum Gasteiger partial charge on any atom is 0.319 e. The second kappa shape index (κ2) is 8.13. The molecule has 0 bridgehead atoms. The normalized spacial score (nSPS) is 15.2. The summed E-state index contributed by atoms with van der Waals surface area (Å²) in [6.45, 7) is 8.65. The van der Waals surface area contributed by atoms with Gasteiger partial charge in [-0.15, -0.1) is 0 Å². The van der Waals surface area contributed by atoms with Crippen LogP contribution in [0.3, 0.4) is 0 Å². The number of hydrogen-bond donors (Lipinski definition) is 2. The summed E-state index contributed by atoms with van der Waals surface area (Å²) in [5, 5.41) is 5.48. The van der Waals surface area contributed by atoms with Crippen LogP contribution < -0.4 is 10.6 Å². The van der Waals surface area contributed by atoms with Gasteiger partial charge in [0, 0.05) is 12.7 Å². The van der Waals surface area contributed by atoms with E-state index in [-0.39, 0.29) is 11.7 Å². The first kappa shape index (κ1) is 20.1. The van der Waals surface area contributed by atoms with Gasteiger partial charge in [-0.1, -0.05) is 13.0 Å². The van der Waals surface area contributed by atoms with Crippen molar-refractivity contribution < 1.29 is 9.18 Å². The van der Waals surface area contributed by atoms with Crippen LogP contribution in [0.15, 0.2) is 36.5 Å². The molecule has 148 valence electrons. The summed E-state index contributed by atoms with van der Waals surface area (Å²) in [7, 11) is 0. The van der Waals surface area contributed by atoms with E-state index in [1.807, 2.05) is 39.0 Å². The number of amides is 2. The first-order valence-corrected chi connectivity index (χ1v) is 9.76. The van der Waals surface area contributed by atoms with Crippen LogP contribution in [-0.2, 0) is 0 Å². The zero-order valence-electron chi connectivity index (χ0n) is 17.0. The molecule has 2 aromatic rings. The Kier molecular flexibility index (Phi) is 5.82. The van der Waals surface area contributed by atoms with Crippen molar-refractivity contribution in [1.82, 2.24) is 10.3 Å². The number of rotatable bonds is 6. The topological polar surface area (TPSA) is 54.0 Å². The van der Waals surface area contributed by atoms with Gasteiger partial charge >= 0.3 is 6.03 Å². The zero-order chi connectivity index (χ0) is 20.3. The number of nitrogens with one attached hydrogen (secondary N) is 2. The van der Waals surface area contributed by atoms with Gasteiger partial charge in [-0.3, -0.25) is 4.98 Å². The molecule has 1 aliphatic rings. The van der Waals surface area contributed by atoms with Crippen molar-refractivity contribution in [2.24, 2.45) is 5.41 Å². The number of anilines is 1. The predicted molar refractivity (Wildman–Crippen MR) is 113 cm³/mol. The number of hydrogen-bond acceptors (Lipinski definition) is 2. The van der Waals surface area contributed by atoms with Crippen molar-refractivity contribution in [2.45, 2.75) is 47.0 Å². The van der Waals surface area contributed by atoms with Gasteiger partial charge < -0.3 is 10.6 Å². The summed E-state index contributed by atoms with van der Waals surface area (Å²) >= 11 is 0. The lowest BCUT2D eigenvalue weighted by atomic mass is 9.98. The Labute approximate surface area is 166 Å². The van der Waals surface area contributed by atoms with Crippen LogP contribution in [0.2, 0.25) is 0 Å². The minimum Gasteiger partial charge on any atom is -0.338 e. The number of halogens is 1. The van der Waals surface area contributed by atoms with Crippen molar-refractivity contribution in [3.63, 3.8) is 0 Å². The van der Waals surface area contributed by atoms with Crippen LogP contribution in [0.25, 0.3) is 16.7 Å². The third-order valence-corrected chi connectivity index (χ3v) is 5.59. The SMILES string of the molecule is C/C=C(\C)c1cc(-c2cc(NC(=O)NCCC3(C)CC3)c(F)cc2C)ccn1. The van der Waals surface area contributed by atoms with Crippen LogP contribution in [0.1, 0.15) is 51.3 Å². The van der Waals surface area contributed by atoms with E-state index < -0.39 is 5.82 Å². The molecule has 1 aromatic heterocycles. The van der Waals surface area contributed by atoms with Crippen molar-refractivity contribution in [3.05, 3.63) is 53.6 Å². The van der Waals surface area contributed by atoms with E-state index in [1.54, 1.807) is 12.3 Å². The average molecular weight is 381 g/mol. The largest absolute Gasteiger partial charge is 0.338 e. The predicted octanol–water partition coefficient (Wildman–Crippen LogP) is 5.93. The molecule has 0 radical (unpaired) electrons. The highest BCUT2D eigenvalue weighted by Gasteiger charge is 2.36. The summed E-state index contributed by atoms with van der Waals surface area (Å²) < 4.78 is 14.4. The maximum absolute atomic E-state index is 14.4. The Morgan fingerprint density at radius 1 is 1.32 bits per heavy atom. The lowest BCUT2D eigenvalue weighted by molar-refractivity contribution is 0.251. The third-order valence-electron chi connectivity index (χ3n) is 5.59. The smallest absolute Gasteiger partial charge is 0.319 e. The van der Waals surface area contributed by atoms with Crippen molar-refractivity contribution >= 4 is 17.3 Å². The Morgan fingerprint density at radius 3 is 2.75 bits per heavy atom. The lowest BCUT2D eigenvalue weighted by Gasteiger charge is -2.14. The molecule has 5 heteroatoms. The first-order valence-electron chi connectivity index (χ1n) is 9.76. The molecule has 0 atom stereocenters. The summed E-state index contributed by atoms with van der Waals surface area (Å²) in [5.41, 5.74) is 5.12. The summed E-state index contributed by atoms with van der Waals surface area (Å²) in [6.07, 6.45) is 7.13. The number of aryl methyl sites for hydroxylation is 1. The second-order valence-corrected chi connectivity index (χ2v) is 7.99. The monoisotopic (exact) mass is 381 g/mol. The second-order valence-electron chi connectivity index (χ2n) is 7.99. The zero-order valence-corrected chi connectivity index (χ0v) is 17.0. The number of carbonyl (C=O) groups excluding carboxylic acids is 1. The molecule has 1 saturated carbocycles. The van der Waals surface area contributed by atoms with E-state index in [2.05, 4.69) is 22.5 Å². The molecular weight excluding hydrogens is 353 g/mol. The minimum absolute atomic E-state index is 0.178. The van der Waals surface area contributed by atoms with Crippen LogP contribution in [0.4, 0.5) is 14.9 Å². The third kappa shape index (κ3) is 4.77. The van der Waals surface area contributed by atoms with Crippen LogP contribution in [0, 0.1) is 18.2 Å². The van der Waals surface area contributed by atoms with Gasteiger partial charge in [0.2, 0.25) is 0 Å². The van der Waals surface area contributed by atoms with Gasteiger partial charge in [0.25, 0.3) is 0 Å². The lowest BCUT2D eigenvalue weighted by Crippen LogP contribution is -2.30. The molecule has 1 aromatic carbocycles. The number of aromatic nitrogens is 1. The van der Waals surface area contributed by atoms with Crippen LogP contribution >= 0.6 is 0 Å². The van der Waals surface area contributed by atoms with E-state index in [9.17, 15) is 9.18 Å². The first-order chi connectivity index (χ1) is 13.3. The molecule has 0 saturated heterocycles. The standard InChI is InChI=1S/C23H28FN3O/c1-5-15(2)20-13-17(6-10-25-20)18-14-21(19(24)12-16(18)3)27-22(28)26-11-9-23(4)7-8-23/h5-6,10,12-14H,7-9,11H2,1-4H3,(H2,26,27,28)/b15-5+. The Morgan fingerprint density at radius 2 is 2.07 bits per heavy atom. The minimum atomic E-state index is -0.440. The highest BCUT2D eigenvalue weighted by Crippen LogP contribution is 2.47.